The summed E-state index contributed by atoms with van der Waals surface area (Å²) in [6.07, 6.45) is 5.73. The Kier molecular flexibility index (Phi) is 4.42. The van der Waals surface area contributed by atoms with Gasteiger partial charge in [0, 0.05) is 11.4 Å². The van der Waals surface area contributed by atoms with Crippen molar-refractivity contribution in [2.45, 2.75) is 46.1 Å². The van der Waals surface area contributed by atoms with E-state index in [9.17, 15) is 0 Å². The van der Waals surface area contributed by atoms with E-state index in [1.54, 1.807) is 0 Å². The molecule has 1 aliphatic rings. The van der Waals surface area contributed by atoms with Gasteiger partial charge in [0.1, 0.15) is 0 Å². The second-order valence-corrected chi connectivity index (χ2v) is 6.28. The Labute approximate surface area is 103 Å². The average molecular weight is 237 g/mol. The molecule has 0 unspecified atom stereocenters. The van der Waals surface area contributed by atoms with Crippen LogP contribution in [0.25, 0.3) is 0 Å². The monoisotopic (exact) mass is 237 g/mol. The van der Waals surface area contributed by atoms with Gasteiger partial charge in [-0.1, -0.05) is 19.8 Å². The fourth-order valence-corrected chi connectivity index (χ4v) is 3.38. The minimum absolute atomic E-state index is 0.927. The van der Waals surface area contributed by atoms with Crippen molar-refractivity contribution >= 4 is 11.3 Å². The van der Waals surface area contributed by atoms with Gasteiger partial charge in [0.2, 0.25) is 0 Å². The Morgan fingerprint density at radius 2 is 2.06 bits per heavy atom. The lowest BCUT2D eigenvalue weighted by Crippen LogP contribution is -2.25. The van der Waals surface area contributed by atoms with E-state index in [1.165, 1.54) is 42.7 Å². The fraction of sp³-hybridized carbons (Fsp3) is 0.714. The van der Waals surface area contributed by atoms with Gasteiger partial charge in [0.15, 0.2) is 0 Å². The van der Waals surface area contributed by atoms with Gasteiger partial charge in [-0.2, -0.15) is 0 Å². The summed E-state index contributed by atoms with van der Waals surface area (Å²) in [5, 5.41) is 5.81. The molecule has 0 radical (unpaired) electrons. The second kappa shape index (κ2) is 5.83. The quantitative estimate of drug-likeness (QED) is 0.835. The van der Waals surface area contributed by atoms with Crippen molar-refractivity contribution < 1.29 is 0 Å². The maximum absolute atomic E-state index is 3.62. The predicted molar refractivity (Wildman–Crippen MR) is 71.9 cm³/mol. The summed E-state index contributed by atoms with van der Waals surface area (Å²) in [6.45, 7) is 6.87. The molecule has 1 N–H and O–H groups in total. The van der Waals surface area contributed by atoms with E-state index >= 15 is 0 Å². The van der Waals surface area contributed by atoms with Crippen molar-refractivity contribution in [2.75, 3.05) is 6.54 Å². The van der Waals surface area contributed by atoms with Gasteiger partial charge in [-0.15, -0.1) is 11.3 Å². The van der Waals surface area contributed by atoms with E-state index in [-0.39, 0.29) is 0 Å². The summed E-state index contributed by atoms with van der Waals surface area (Å²) in [6, 6.07) is 2.21. The summed E-state index contributed by atoms with van der Waals surface area (Å²) < 4.78 is 0. The van der Waals surface area contributed by atoms with Crippen LogP contribution in [0.15, 0.2) is 11.4 Å². The van der Waals surface area contributed by atoms with Crippen molar-refractivity contribution in [1.29, 1.82) is 0 Å². The lowest BCUT2D eigenvalue weighted by molar-refractivity contribution is 0.281. The molecule has 0 bridgehead atoms. The molecule has 1 aromatic rings. The normalized spacial score (nSPS) is 25.9. The van der Waals surface area contributed by atoms with Crippen LogP contribution < -0.4 is 5.32 Å². The molecule has 0 aromatic carbocycles. The van der Waals surface area contributed by atoms with Crippen LogP contribution in [-0.2, 0) is 6.54 Å². The first kappa shape index (κ1) is 12.1. The van der Waals surface area contributed by atoms with Gasteiger partial charge in [0.05, 0.1) is 0 Å². The minimum atomic E-state index is 0.927. The molecular weight excluding hydrogens is 214 g/mol. The van der Waals surface area contributed by atoms with E-state index < -0.39 is 0 Å². The number of thiophene rings is 1. The maximum Gasteiger partial charge on any atom is 0.0302 e. The summed E-state index contributed by atoms with van der Waals surface area (Å²) in [5.74, 6) is 1.90. The number of hydrogen-bond acceptors (Lipinski definition) is 2. The molecule has 16 heavy (non-hydrogen) atoms. The Morgan fingerprint density at radius 1 is 1.31 bits per heavy atom. The highest BCUT2D eigenvalue weighted by molar-refractivity contribution is 7.10. The third-order valence-electron chi connectivity index (χ3n) is 3.82. The van der Waals surface area contributed by atoms with Crippen molar-refractivity contribution in [1.82, 2.24) is 5.32 Å². The lowest BCUT2D eigenvalue weighted by atomic mass is 9.83. The first-order chi connectivity index (χ1) is 7.75. The van der Waals surface area contributed by atoms with E-state index in [4.69, 9.17) is 0 Å². The van der Waals surface area contributed by atoms with Crippen LogP contribution in [0.5, 0.6) is 0 Å². The van der Waals surface area contributed by atoms with Crippen molar-refractivity contribution in [3.05, 3.63) is 21.9 Å². The molecule has 1 aromatic heterocycles. The van der Waals surface area contributed by atoms with Crippen LogP contribution >= 0.6 is 11.3 Å². The number of hydrogen-bond donors (Lipinski definition) is 1. The maximum atomic E-state index is 3.62. The molecule has 0 spiro atoms. The van der Waals surface area contributed by atoms with E-state index in [1.807, 2.05) is 11.3 Å². The first-order valence-electron chi connectivity index (χ1n) is 6.49. The van der Waals surface area contributed by atoms with E-state index in [0.717, 1.165) is 18.4 Å². The zero-order valence-corrected chi connectivity index (χ0v) is 11.3. The zero-order valence-electron chi connectivity index (χ0n) is 10.5. The minimum Gasteiger partial charge on any atom is -0.312 e. The lowest BCUT2D eigenvalue weighted by Gasteiger charge is -2.26. The molecular formula is C14H23NS. The zero-order chi connectivity index (χ0) is 11.4. The van der Waals surface area contributed by atoms with Crippen LogP contribution in [0.2, 0.25) is 0 Å². The molecule has 1 nitrogen and oxygen atoms in total. The van der Waals surface area contributed by atoms with Crippen LogP contribution in [0.3, 0.4) is 0 Å². The predicted octanol–water partition coefficient (Wildman–Crippen LogP) is 3.97. The van der Waals surface area contributed by atoms with E-state index in [0.29, 0.717) is 0 Å². The highest BCUT2D eigenvalue weighted by atomic mass is 32.1. The summed E-state index contributed by atoms with van der Waals surface area (Å²) in [5.41, 5.74) is 1.44. The Hall–Kier alpha value is -0.340. The Balaban J connectivity index is 1.67. The van der Waals surface area contributed by atoms with Gasteiger partial charge in [0.25, 0.3) is 0 Å². The fourth-order valence-electron chi connectivity index (χ4n) is 2.51. The van der Waals surface area contributed by atoms with Crippen molar-refractivity contribution in [3.63, 3.8) is 0 Å². The SMILES string of the molecule is Cc1ccsc1CNCC1CCC(C)CC1. The van der Waals surface area contributed by atoms with Crippen LogP contribution in [0, 0.1) is 18.8 Å². The third-order valence-corrected chi connectivity index (χ3v) is 4.85. The summed E-state index contributed by atoms with van der Waals surface area (Å²) >= 11 is 1.87. The van der Waals surface area contributed by atoms with Crippen molar-refractivity contribution in [2.24, 2.45) is 11.8 Å². The van der Waals surface area contributed by atoms with Crippen molar-refractivity contribution in [3.8, 4) is 0 Å². The van der Waals surface area contributed by atoms with Crippen LogP contribution in [0.4, 0.5) is 0 Å². The summed E-state index contributed by atoms with van der Waals surface area (Å²) in [4.78, 5) is 1.50. The molecule has 1 aliphatic carbocycles. The number of rotatable bonds is 4. The summed E-state index contributed by atoms with van der Waals surface area (Å²) in [7, 11) is 0. The highest BCUT2D eigenvalue weighted by Crippen LogP contribution is 2.27. The van der Waals surface area contributed by atoms with Crippen LogP contribution in [-0.4, -0.2) is 6.54 Å². The van der Waals surface area contributed by atoms with Gasteiger partial charge in [-0.25, -0.2) is 0 Å². The molecule has 0 saturated heterocycles. The smallest absolute Gasteiger partial charge is 0.0302 e. The second-order valence-electron chi connectivity index (χ2n) is 5.28. The molecule has 1 fully saturated rings. The molecule has 90 valence electrons. The largest absolute Gasteiger partial charge is 0.312 e. The number of nitrogens with one attached hydrogen (secondary N) is 1. The first-order valence-corrected chi connectivity index (χ1v) is 7.37. The topological polar surface area (TPSA) is 12.0 Å². The number of aryl methyl sites for hydroxylation is 1. The molecule has 0 aliphatic heterocycles. The molecule has 2 rings (SSSR count). The molecule has 0 amide bonds. The van der Waals surface area contributed by atoms with Crippen LogP contribution in [0.1, 0.15) is 43.0 Å². The molecule has 2 heteroatoms. The molecule has 1 saturated carbocycles. The van der Waals surface area contributed by atoms with Gasteiger partial charge in [-0.3, -0.25) is 0 Å². The standard InChI is InChI=1S/C14H23NS/c1-11-3-5-13(6-4-11)9-15-10-14-12(2)7-8-16-14/h7-8,11,13,15H,3-6,9-10H2,1-2H3. The van der Waals surface area contributed by atoms with E-state index in [2.05, 4.69) is 30.6 Å². The molecule has 0 atom stereocenters. The highest BCUT2D eigenvalue weighted by Gasteiger charge is 2.17. The van der Waals surface area contributed by atoms with Gasteiger partial charge >= 0.3 is 0 Å². The average Bonchev–Trinajstić information content (AvgIpc) is 2.68. The van der Waals surface area contributed by atoms with Gasteiger partial charge < -0.3 is 5.32 Å². The third kappa shape index (κ3) is 3.33. The molecule has 1 heterocycles. The Morgan fingerprint density at radius 3 is 2.69 bits per heavy atom. The van der Waals surface area contributed by atoms with Gasteiger partial charge in [-0.05, 0) is 55.2 Å². The Bertz CT molecular complexity index is 310.